The number of likely N-dealkylation sites (tertiary alicyclic amines) is 1. The first kappa shape index (κ1) is 11.3. The van der Waals surface area contributed by atoms with Crippen molar-refractivity contribution in [2.45, 2.75) is 12.8 Å². The summed E-state index contributed by atoms with van der Waals surface area (Å²) in [5, 5.41) is 3.20. The third-order valence-corrected chi connectivity index (χ3v) is 2.52. The summed E-state index contributed by atoms with van der Waals surface area (Å²) in [6, 6.07) is 0. The van der Waals surface area contributed by atoms with Gasteiger partial charge in [0.2, 0.25) is 11.8 Å². The summed E-state index contributed by atoms with van der Waals surface area (Å²) in [6.07, 6.45) is 1.19. The Balaban J connectivity index is 2.39. The van der Waals surface area contributed by atoms with Gasteiger partial charge in [-0.3, -0.25) is 9.59 Å². The lowest BCUT2D eigenvalue weighted by Crippen LogP contribution is -2.42. The van der Waals surface area contributed by atoms with E-state index < -0.39 is 0 Å². The maximum atomic E-state index is 11.4. The smallest absolute Gasteiger partial charge is 0.228 e. The van der Waals surface area contributed by atoms with Crippen molar-refractivity contribution in [3.63, 3.8) is 0 Å². The lowest BCUT2D eigenvalue weighted by molar-refractivity contribution is -0.133. The molecular weight excluding hydrogens is 198 g/mol. The van der Waals surface area contributed by atoms with Crippen LogP contribution in [-0.4, -0.2) is 36.3 Å². The fourth-order valence-electron chi connectivity index (χ4n) is 1.61. The van der Waals surface area contributed by atoms with Crippen LogP contribution in [0.4, 0.5) is 0 Å². The van der Waals surface area contributed by atoms with Gasteiger partial charge in [0, 0.05) is 23.9 Å². The summed E-state index contributed by atoms with van der Waals surface area (Å²) >= 11 is 0. The molecule has 0 bridgehead atoms. The molecule has 1 aliphatic heterocycles. The quantitative estimate of drug-likeness (QED) is 0.403. The Kier molecular flexibility index (Phi) is 3.93. The van der Waals surface area contributed by atoms with Gasteiger partial charge in [-0.05, 0) is 18.4 Å². The molecule has 1 aliphatic rings. The predicted octanol–water partition coefficient (Wildman–Crippen LogP) is 0.0206. The predicted molar refractivity (Wildman–Crippen MR) is 52.5 cm³/mol. The molecule has 0 spiro atoms. The molecule has 2 N–H and O–H groups in total. The summed E-state index contributed by atoms with van der Waals surface area (Å²) in [5.41, 5.74) is 13.2. The second-order valence-corrected chi connectivity index (χ2v) is 3.45. The number of nitrogens with zero attached hydrogens (tertiary/aromatic N) is 4. The molecule has 0 aromatic heterocycles. The van der Waals surface area contributed by atoms with Gasteiger partial charge in [0.15, 0.2) is 0 Å². The minimum Gasteiger partial charge on any atom is -0.369 e. The van der Waals surface area contributed by atoms with E-state index in [1.54, 1.807) is 4.90 Å². The number of amides is 2. The lowest BCUT2D eigenvalue weighted by atomic mass is 9.96. The minimum atomic E-state index is -0.308. The van der Waals surface area contributed by atoms with E-state index in [9.17, 15) is 9.59 Å². The summed E-state index contributed by atoms with van der Waals surface area (Å²) in [6.45, 7) is 0.860. The van der Waals surface area contributed by atoms with Crippen LogP contribution in [-0.2, 0) is 9.59 Å². The normalized spacial score (nSPS) is 16.9. The molecule has 7 nitrogen and oxygen atoms in total. The van der Waals surface area contributed by atoms with Crippen molar-refractivity contribution < 1.29 is 9.59 Å². The van der Waals surface area contributed by atoms with Crippen LogP contribution in [0.1, 0.15) is 12.8 Å². The monoisotopic (exact) mass is 211 g/mol. The topological polar surface area (TPSA) is 112 Å². The van der Waals surface area contributed by atoms with Gasteiger partial charge in [0.25, 0.3) is 0 Å². The molecule has 0 saturated carbocycles. The number of hydrogen-bond donors (Lipinski definition) is 1. The highest BCUT2D eigenvalue weighted by Crippen LogP contribution is 2.16. The highest BCUT2D eigenvalue weighted by Gasteiger charge is 2.25. The van der Waals surface area contributed by atoms with Crippen LogP contribution < -0.4 is 5.73 Å². The van der Waals surface area contributed by atoms with Crippen molar-refractivity contribution in [1.82, 2.24) is 4.90 Å². The first-order valence-electron chi connectivity index (χ1n) is 4.73. The molecule has 15 heavy (non-hydrogen) atoms. The van der Waals surface area contributed by atoms with E-state index in [-0.39, 0.29) is 24.3 Å². The van der Waals surface area contributed by atoms with Gasteiger partial charge in [0.05, 0.1) is 0 Å². The first-order valence-corrected chi connectivity index (χ1v) is 4.73. The van der Waals surface area contributed by atoms with E-state index in [0.29, 0.717) is 25.9 Å². The van der Waals surface area contributed by atoms with Gasteiger partial charge < -0.3 is 10.6 Å². The molecular formula is C8H13N5O2. The second-order valence-electron chi connectivity index (χ2n) is 3.45. The molecule has 82 valence electrons. The molecule has 7 heteroatoms. The molecule has 2 amide bonds. The number of nitrogens with two attached hydrogens (primary N) is 1. The summed E-state index contributed by atoms with van der Waals surface area (Å²) in [7, 11) is 0. The highest BCUT2D eigenvalue weighted by molar-refractivity contribution is 5.80. The third-order valence-electron chi connectivity index (χ3n) is 2.52. The third kappa shape index (κ3) is 3.14. The van der Waals surface area contributed by atoms with Gasteiger partial charge in [-0.2, -0.15) is 0 Å². The maximum absolute atomic E-state index is 11.4. The molecule has 1 fully saturated rings. The number of primary amides is 1. The number of hydrogen-bond acceptors (Lipinski definition) is 3. The Labute approximate surface area is 86.8 Å². The number of azide groups is 1. The Hall–Kier alpha value is -1.75. The molecule has 0 aromatic rings. The summed E-state index contributed by atoms with van der Waals surface area (Å²) < 4.78 is 0. The van der Waals surface area contributed by atoms with E-state index in [2.05, 4.69) is 10.0 Å². The van der Waals surface area contributed by atoms with E-state index in [1.165, 1.54) is 0 Å². The van der Waals surface area contributed by atoms with Crippen LogP contribution >= 0.6 is 0 Å². The van der Waals surface area contributed by atoms with Crippen molar-refractivity contribution in [2.24, 2.45) is 16.8 Å². The highest BCUT2D eigenvalue weighted by atomic mass is 16.2. The van der Waals surface area contributed by atoms with Gasteiger partial charge >= 0.3 is 0 Å². The minimum absolute atomic E-state index is 0.131. The largest absolute Gasteiger partial charge is 0.369 e. The van der Waals surface area contributed by atoms with Crippen LogP contribution in [0.3, 0.4) is 0 Å². The van der Waals surface area contributed by atoms with Crippen molar-refractivity contribution in [2.75, 3.05) is 19.6 Å². The van der Waals surface area contributed by atoms with E-state index in [4.69, 9.17) is 11.3 Å². The average molecular weight is 211 g/mol. The fourth-order valence-corrected chi connectivity index (χ4v) is 1.61. The molecule has 1 rings (SSSR count). The van der Waals surface area contributed by atoms with Crippen LogP contribution in [0.25, 0.3) is 10.4 Å². The van der Waals surface area contributed by atoms with E-state index in [1.807, 2.05) is 0 Å². The SMILES string of the molecule is [N-]=[N+]=NCC(=O)N1CCC(C(N)=O)CC1. The number of carbonyl (C=O) groups excluding carboxylic acids is 2. The average Bonchev–Trinajstić information content (AvgIpc) is 2.26. The van der Waals surface area contributed by atoms with Crippen molar-refractivity contribution in [3.8, 4) is 0 Å². The van der Waals surface area contributed by atoms with Crippen molar-refractivity contribution in [1.29, 1.82) is 0 Å². The molecule has 0 radical (unpaired) electrons. The Morgan fingerprint density at radius 3 is 2.53 bits per heavy atom. The zero-order valence-corrected chi connectivity index (χ0v) is 8.30. The Morgan fingerprint density at radius 2 is 2.07 bits per heavy atom. The molecule has 0 atom stereocenters. The molecule has 1 heterocycles. The lowest BCUT2D eigenvalue weighted by Gasteiger charge is -2.30. The van der Waals surface area contributed by atoms with Gasteiger partial charge in [-0.15, -0.1) is 0 Å². The van der Waals surface area contributed by atoms with E-state index in [0.717, 1.165) is 0 Å². The standard InChI is InChI=1S/C8H13N5O2/c9-8(15)6-1-3-13(4-2-6)7(14)5-11-12-10/h6H,1-5H2,(H2,9,15). The second kappa shape index (κ2) is 5.21. The maximum Gasteiger partial charge on any atom is 0.228 e. The fraction of sp³-hybridized carbons (Fsp3) is 0.750. The summed E-state index contributed by atoms with van der Waals surface area (Å²) in [4.78, 5) is 26.3. The zero-order chi connectivity index (χ0) is 11.3. The van der Waals surface area contributed by atoms with Crippen LogP contribution in [0.2, 0.25) is 0 Å². The van der Waals surface area contributed by atoms with Crippen LogP contribution in [0.15, 0.2) is 5.11 Å². The molecule has 1 saturated heterocycles. The number of rotatable bonds is 3. The van der Waals surface area contributed by atoms with Gasteiger partial charge in [0.1, 0.15) is 6.54 Å². The summed E-state index contributed by atoms with van der Waals surface area (Å²) in [5.74, 6) is -0.638. The molecule has 0 unspecified atom stereocenters. The zero-order valence-electron chi connectivity index (χ0n) is 8.30. The van der Waals surface area contributed by atoms with Crippen LogP contribution in [0.5, 0.6) is 0 Å². The Bertz CT molecular complexity index is 302. The van der Waals surface area contributed by atoms with E-state index >= 15 is 0 Å². The number of carbonyl (C=O) groups is 2. The van der Waals surface area contributed by atoms with Crippen molar-refractivity contribution >= 4 is 11.8 Å². The van der Waals surface area contributed by atoms with Crippen LogP contribution in [0, 0.1) is 5.92 Å². The first-order chi connectivity index (χ1) is 7.15. The van der Waals surface area contributed by atoms with Gasteiger partial charge in [-0.25, -0.2) is 0 Å². The van der Waals surface area contributed by atoms with Crippen molar-refractivity contribution in [3.05, 3.63) is 10.4 Å². The molecule has 0 aliphatic carbocycles. The number of piperidine rings is 1. The Morgan fingerprint density at radius 1 is 1.47 bits per heavy atom. The van der Waals surface area contributed by atoms with Gasteiger partial charge in [-0.1, -0.05) is 5.11 Å². The molecule has 0 aromatic carbocycles.